The van der Waals surface area contributed by atoms with Crippen LogP contribution in [0.2, 0.25) is 0 Å². The summed E-state index contributed by atoms with van der Waals surface area (Å²) in [4.78, 5) is 8.67. The number of pyridine rings is 1. The lowest BCUT2D eigenvalue weighted by atomic mass is 10.1. The molecule has 26 heavy (non-hydrogen) atoms. The number of imidazole rings is 1. The summed E-state index contributed by atoms with van der Waals surface area (Å²) in [6.45, 7) is 0.588. The molecule has 2 aromatic carbocycles. The number of benzene rings is 2. The first-order chi connectivity index (χ1) is 12.8. The van der Waals surface area contributed by atoms with Crippen LogP contribution < -0.4 is 4.74 Å². The Morgan fingerprint density at radius 1 is 0.923 bits per heavy atom. The van der Waals surface area contributed by atoms with Gasteiger partial charge in [-0.1, -0.05) is 42.5 Å². The number of nitrogens with zero attached hydrogens (tertiary/aromatic N) is 3. The van der Waals surface area contributed by atoms with Crippen LogP contribution in [0.15, 0.2) is 79.3 Å². The van der Waals surface area contributed by atoms with Gasteiger partial charge < -0.3 is 14.4 Å². The van der Waals surface area contributed by atoms with Crippen LogP contribution in [0.1, 0.15) is 0 Å². The van der Waals surface area contributed by atoms with Gasteiger partial charge in [-0.3, -0.25) is 4.98 Å². The summed E-state index contributed by atoms with van der Waals surface area (Å²) in [5.41, 5.74) is 0.777. The van der Waals surface area contributed by atoms with Gasteiger partial charge in [0, 0.05) is 24.0 Å². The van der Waals surface area contributed by atoms with Crippen molar-refractivity contribution >= 4 is 10.8 Å². The van der Waals surface area contributed by atoms with Gasteiger partial charge in [0.1, 0.15) is 24.2 Å². The Bertz CT molecular complexity index is 993. The molecule has 0 fully saturated rings. The van der Waals surface area contributed by atoms with E-state index in [4.69, 9.17) is 4.74 Å². The minimum absolute atomic E-state index is 0.202. The van der Waals surface area contributed by atoms with Gasteiger partial charge >= 0.3 is 0 Å². The van der Waals surface area contributed by atoms with Gasteiger partial charge in [-0.15, -0.1) is 0 Å². The Morgan fingerprint density at radius 3 is 2.65 bits per heavy atom. The van der Waals surface area contributed by atoms with Crippen molar-refractivity contribution in [2.45, 2.75) is 12.6 Å². The van der Waals surface area contributed by atoms with Crippen molar-refractivity contribution in [1.82, 2.24) is 14.5 Å². The number of hydrogen-bond donors (Lipinski definition) is 1. The summed E-state index contributed by atoms with van der Waals surface area (Å²) in [6.07, 6.45) is 4.62. The van der Waals surface area contributed by atoms with Crippen LogP contribution >= 0.6 is 0 Å². The lowest BCUT2D eigenvalue weighted by Gasteiger charge is -2.15. The fourth-order valence-corrected chi connectivity index (χ4v) is 2.97. The number of aromatic nitrogens is 3. The zero-order valence-electron chi connectivity index (χ0n) is 14.2. The average molecular weight is 345 g/mol. The van der Waals surface area contributed by atoms with E-state index in [1.807, 2.05) is 71.4 Å². The highest BCUT2D eigenvalue weighted by atomic mass is 16.5. The normalized spacial score (nSPS) is 12.2. The van der Waals surface area contributed by atoms with Crippen LogP contribution in [-0.4, -0.2) is 32.4 Å². The number of fused-ring (bicyclic) bond motifs is 1. The van der Waals surface area contributed by atoms with E-state index >= 15 is 0 Å². The topological polar surface area (TPSA) is 60.2 Å². The summed E-state index contributed by atoms with van der Waals surface area (Å²) in [7, 11) is 0. The van der Waals surface area contributed by atoms with Crippen molar-refractivity contribution in [3.63, 3.8) is 0 Å². The van der Waals surface area contributed by atoms with Crippen LogP contribution in [0.5, 0.6) is 5.75 Å². The molecule has 0 aliphatic rings. The summed E-state index contributed by atoms with van der Waals surface area (Å²) in [5, 5.41) is 12.6. The van der Waals surface area contributed by atoms with Crippen molar-refractivity contribution in [3.05, 3.63) is 79.3 Å². The molecule has 0 spiro atoms. The van der Waals surface area contributed by atoms with E-state index in [1.165, 1.54) is 0 Å². The van der Waals surface area contributed by atoms with E-state index in [0.29, 0.717) is 6.54 Å². The lowest BCUT2D eigenvalue weighted by molar-refractivity contribution is 0.0936. The molecular formula is C21H19N3O2. The summed E-state index contributed by atoms with van der Waals surface area (Å²) in [6, 6.07) is 19.7. The van der Waals surface area contributed by atoms with Crippen LogP contribution in [0, 0.1) is 0 Å². The first-order valence-corrected chi connectivity index (χ1v) is 8.52. The molecule has 0 aliphatic carbocycles. The van der Waals surface area contributed by atoms with Crippen molar-refractivity contribution in [1.29, 1.82) is 0 Å². The molecule has 0 bridgehead atoms. The molecule has 2 aromatic heterocycles. The van der Waals surface area contributed by atoms with Crippen molar-refractivity contribution in [3.8, 4) is 17.3 Å². The fraction of sp³-hybridized carbons (Fsp3) is 0.143. The van der Waals surface area contributed by atoms with E-state index in [2.05, 4.69) is 9.97 Å². The van der Waals surface area contributed by atoms with Crippen LogP contribution in [0.3, 0.4) is 0 Å². The molecule has 1 atom stereocenters. The zero-order chi connectivity index (χ0) is 17.8. The van der Waals surface area contributed by atoms with E-state index in [-0.39, 0.29) is 6.61 Å². The minimum Gasteiger partial charge on any atom is -0.490 e. The second kappa shape index (κ2) is 7.37. The highest BCUT2D eigenvalue weighted by Gasteiger charge is 2.12. The molecule has 0 saturated heterocycles. The number of rotatable bonds is 6. The Hall–Kier alpha value is -3.18. The SMILES string of the molecule is OC(COc1cccc2ccccc12)Cn1ccnc1-c1ccccn1. The van der Waals surface area contributed by atoms with E-state index in [1.54, 1.807) is 12.4 Å². The average Bonchev–Trinajstić information content (AvgIpc) is 3.15. The number of aliphatic hydroxyl groups is 1. The van der Waals surface area contributed by atoms with Gasteiger partial charge in [-0.2, -0.15) is 0 Å². The maximum atomic E-state index is 10.4. The third-order valence-electron chi connectivity index (χ3n) is 4.20. The molecule has 1 N–H and O–H groups in total. The molecule has 0 saturated carbocycles. The third kappa shape index (κ3) is 3.43. The quantitative estimate of drug-likeness (QED) is 0.581. The minimum atomic E-state index is -0.661. The summed E-state index contributed by atoms with van der Waals surface area (Å²) < 4.78 is 7.76. The Kier molecular flexibility index (Phi) is 4.62. The molecule has 130 valence electrons. The van der Waals surface area contributed by atoms with Crippen LogP contribution in [-0.2, 0) is 6.54 Å². The molecule has 0 radical (unpaired) electrons. The molecule has 2 heterocycles. The number of aliphatic hydroxyl groups excluding tert-OH is 1. The van der Waals surface area contributed by atoms with E-state index < -0.39 is 6.10 Å². The van der Waals surface area contributed by atoms with Gasteiger partial charge in [-0.25, -0.2) is 4.98 Å². The smallest absolute Gasteiger partial charge is 0.158 e. The summed E-state index contributed by atoms with van der Waals surface area (Å²) >= 11 is 0. The van der Waals surface area contributed by atoms with Gasteiger partial charge in [0.25, 0.3) is 0 Å². The highest BCUT2D eigenvalue weighted by molar-refractivity contribution is 5.88. The molecular weight excluding hydrogens is 326 g/mol. The molecule has 1 unspecified atom stereocenters. The molecule has 5 nitrogen and oxygen atoms in total. The maximum Gasteiger partial charge on any atom is 0.158 e. The Balaban J connectivity index is 1.45. The van der Waals surface area contributed by atoms with Crippen LogP contribution in [0.4, 0.5) is 0 Å². The monoisotopic (exact) mass is 345 g/mol. The lowest BCUT2D eigenvalue weighted by Crippen LogP contribution is -2.23. The largest absolute Gasteiger partial charge is 0.490 e. The van der Waals surface area contributed by atoms with Crippen molar-refractivity contribution in [2.75, 3.05) is 6.61 Å². The second-order valence-corrected chi connectivity index (χ2v) is 6.06. The third-order valence-corrected chi connectivity index (χ3v) is 4.20. The molecule has 4 aromatic rings. The predicted octanol–water partition coefficient (Wildman–Crippen LogP) is 3.54. The first kappa shape index (κ1) is 16.3. The number of hydrogen-bond acceptors (Lipinski definition) is 4. The molecule has 0 aliphatic heterocycles. The van der Waals surface area contributed by atoms with Gasteiger partial charge in [-0.05, 0) is 23.6 Å². The van der Waals surface area contributed by atoms with Crippen molar-refractivity contribution in [2.24, 2.45) is 0 Å². The first-order valence-electron chi connectivity index (χ1n) is 8.52. The molecule has 4 rings (SSSR count). The maximum absolute atomic E-state index is 10.4. The fourth-order valence-electron chi connectivity index (χ4n) is 2.97. The van der Waals surface area contributed by atoms with E-state index in [0.717, 1.165) is 28.0 Å². The Labute approximate surface area is 151 Å². The number of ether oxygens (including phenoxy) is 1. The zero-order valence-corrected chi connectivity index (χ0v) is 14.2. The predicted molar refractivity (Wildman–Crippen MR) is 101 cm³/mol. The Morgan fingerprint density at radius 2 is 1.77 bits per heavy atom. The van der Waals surface area contributed by atoms with Gasteiger partial charge in [0.2, 0.25) is 0 Å². The second-order valence-electron chi connectivity index (χ2n) is 6.06. The molecule has 5 heteroatoms. The standard InChI is InChI=1S/C21H19N3O2/c25-17(14-24-13-12-23-21(24)19-9-3-4-11-22-19)15-26-20-10-5-7-16-6-1-2-8-18(16)20/h1-13,17,25H,14-15H2. The van der Waals surface area contributed by atoms with Crippen LogP contribution in [0.25, 0.3) is 22.3 Å². The highest BCUT2D eigenvalue weighted by Crippen LogP contribution is 2.25. The van der Waals surface area contributed by atoms with E-state index in [9.17, 15) is 5.11 Å². The molecule has 0 amide bonds. The summed E-state index contributed by atoms with van der Waals surface area (Å²) in [5.74, 6) is 1.51. The van der Waals surface area contributed by atoms with Crippen molar-refractivity contribution < 1.29 is 9.84 Å². The van der Waals surface area contributed by atoms with Gasteiger partial charge in [0.15, 0.2) is 5.82 Å². The van der Waals surface area contributed by atoms with Gasteiger partial charge in [0.05, 0.1) is 6.54 Å².